The molecule has 0 saturated heterocycles. The molecule has 1 aromatic carbocycles. The van der Waals surface area contributed by atoms with E-state index in [1.54, 1.807) is 18.2 Å². The number of phenols is 1. The lowest BCUT2D eigenvalue weighted by atomic mass is 9.86. The summed E-state index contributed by atoms with van der Waals surface area (Å²) in [5.74, 6) is 0.404. The molecule has 0 bridgehead atoms. The van der Waals surface area contributed by atoms with Crippen LogP contribution < -0.4 is 15.6 Å². The smallest absolute Gasteiger partial charge is 0.257 e. The minimum Gasteiger partial charge on any atom is -0.504 e. The number of rotatable bonds is 5. The van der Waals surface area contributed by atoms with Crippen molar-refractivity contribution in [2.24, 2.45) is 0 Å². The Morgan fingerprint density at radius 2 is 2.28 bits per heavy atom. The number of phenolic OH excluding ortho intramolecular Hbond substituents is 1. The number of hydrogen-bond acceptors (Lipinski definition) is 6. The third-order valence-electron chi connectivity index (χ3n) is 3.87. The van der Waals surface area contributed by atoms with Crippen LogP contribution in [0, 0.1) is 0 Å². The number of carbonyl (C=O) groups excluding carboxylic acids is 1. The van der Waals surface area contributed by atoms with Crippen LogP contribution in [0.25, 0.3) is 0 Å². The lowest BCUT2D eigenvalue weighted by Gasteiger charge is -2.24. The summed E-state index contributed by atoms with van der Waals surface area (Å²) in [7, 11) is 1.45. The average molecular weight is 359 g/mol. The molecule has 3 N–H and O–H groups in total. The predicted molar refractivity (Wildman–Crippen MR) is 95.5 cm³/mol. The number of fused-ring (bicyclic) bond motifs is 1. The molecule has 0 spiro atoms. The molecule has 1 aliphatic rings. The van der Waals surface area contributed by atoms with Gasteiger partial charge in [-0.2, -0.15) is 0 Å². The number of nitrogens with zero attached hydrogens (tertiary/aromatic N) is 1. The van der Waals surface area contributed by atoms with Crippen molar-refractivity contribution < 1.29 is 14.6 Å². The minimum atomic E-state index is -0.490. The van der Waals surface area contributed by atoms with Gasteiger partial charge >= 0.3 is 0 Å². The Morgan fingerprint density at radius 3 is 2.96 bits per heavy atom. The van der Waals surface area contributed by atoms with E-state index in [1.165, 1.54) is 24.9 Å². The van der Waals surface area contributed by atoms with Crippen LogP contribution in [0.3, 0.4) is 0 Å². The Labute approximate surface area is 148 Å². The van der Waals surface area contributed by atoms with E-state index in [4.69, 9.17) is 4.74 Å². The highest BCUT2D eigenvalue weighted by Gasteiger charge is 2.31. The van der Waals surface area contributed by atoms with E-state index in [0.717, 1.165) is 0 Å². The quantitative estimate of drug-likeness (QED) is 0.430. The molecule has 2 heterocycles. The molecule has 0 saturated carbocycles. The van der Waals surface area contributed by atoms with Gasteiger partial charge in [0.1, 0.15) is 5.82 Å². The number of aromatic nitrogens is 2. The molecule has 0 fully saturated rings. The van der Waals surface area contributed by atoms with Gasteiger partial charge in [-0.05, 0) is 17.7 Å². The highest BCUT2D eigenvalue weighted by Crippen LogP contribution is 2.37. The van der Waals surface area contributed by atoms with Crippen LogP contribution in [0.2, 0.25) is 0 Å². The number of benzene rings is 1. The normalized spacial score (nSPS) is 16.0. The van der Waals surface area contributed by atoms with Gasteiger partial charge in [0.05, 0.1) is 12.7 Å². The Hall–Kier alpha value is -2.74. The van der Waals surface area contributed by atoms with Crippen molar-refractivity contribution in [1.82, 2.24) is 9.97 Å². The fourth-order valence-electron chi connectivity index (χ4n) is 2.77. The number of aromatic amines is 1. The number of carbonyl (C=O) groups is 1. The Kier molecular flexibility index (Phi) is 4.80. The largest absolute Gasteiger partial charge is 0.504 e. The first-order chi connectivity index (χ1) is 12.0. The maximum absolute atomic E-state index is 12.6. The van der Waals surface area contributed by atoms with Crippen molar-refractivity contribution in [3.8, 4) is 11.5 Å². The molecule has 1 aromatic heterocycles. The van der Waals surface area contributed by atoms with E-state index in [1.807, 2.05) is 0 Å². The lowest BCUT2D eigenvalue weighted by molar-refractivity contribution is -0.116. The van der Waals surface area contributed by atoms with Crippen molar-refractivity contribution in [2.75, 3.05) is 18.2 Å². The number of hydrogen-bond donors (Lipinski definition) is 3. The lowest BCUT2D eigenvalue weighted by Crippen LogP contribution is -2.31. The van der Waals surface area contributed by atoms with Crippen LogP contribution >= 0.6 is 11.8 Å². The van der Waals surface area contributed by atoms with Crippen molar-refractivity contribution >= 4 is 23.5 Å². The minimum absolute atomic E-state index is 0.0462. The molecule has 1 atom stereocenters. The third-order valence-corrected chi connectivity index (χ3v) is 4.74. The SMILES string of the molecule is C=CCSc1nc2c(c(=O)[nH]1)[C@@H](c1ccc(OC)c(O)c1)CC(=O)N2. The predicted octanol–water partition coefficient (Wildman–Crippen LogP) is 2.24. The number of ether oxygens (including phenoxy) is 1. The summed E-state index contributed by atoms with van der Waals surface area (Å²) in [6.07, 6.45) is 1.80. The molecule has 1 aliphatic heterocycles. The fraction of sp³-hybridized carbons (Fsp3) is 0.235. The zero-order valence-electron chi connectivity index (χ0n) is 13.5. The van der Waals surface area contributed by atoms with E-state index in [9.17, 15) is 14.7 Å². The molecule has 3 rings (SSSR count). The zero-order valence-corrected chi connectivity index (χ0v) is 14.4. The van der Waals surface area contributed by atoms with Crippen molar-refractivity contribution in [3.05, 3.63) is 52.3 Å². The summed E-state index contributed by atoms with van der Waals surface area (Å²) in [4.78, 5) is 31.7. The van der Waals surface area contributed by atoms with Crippen molar-refractivity contribution in [3.63, 3.8) is 0 Å². The van der Waals surface area contributed by atoms with Crippen LogP contribution in [0.15, 0.2) is 40.8 Å². The fourth-order valence-corrected chi connectivity index (χ4v) is 3.36. The molecular weight excluding hydrogens is 342 g/mol. The summed E-state index contributed by atoms with van der Waals surface area (Å²) in [5.41, 5.74) is 0.720. The Bertz CT molecular complexity index is 894. The van der Waals surface area contributed by atoms with E-state index >= 15 is 0 Å². The monoisotopic (exact) mass is 359 g/mol. The van der Waals surface area contributed by atoms with Gasteiger partial charge in [-0.15, -0.1) is 6.58 Å². The average Bonchev–Trinajstić information content (AvgIpc) is 2.58. The van der Waals surface area contributed by atoms with Gasteiger partial charge in [-0.25, -0.2) is 4.98 Å². The second kappa shape index (κ2) is 7.02. The molecule has 0 aliphatic carbocycles. The van der Waals surface area contributed by atoms with E-state index < -0.39 is 5.92 Å². The number of nitrogens with one attached hydrogen (secondary N) is 2. The van der Waals surface area contributed by atoms with Crippen molar-refractivity contribution in [2.45, 2.75) is 17.5 Å². The van der Waals surface area contributed by atoms with Gasteiger partial charge in [0, 0.05) is 18.1 Å². The van der Waals surface area contributed by atoms with Crippen LogP contribution in [-0.4, -0.2) is 33.8 Å². The van der Waals surface area contributed by atoms with Crippen LogP contribution in [0.4, 0.5) is 5.82 Å². The standard InChI is InChI=1S/C17H17N3O4S/c1-3-6-25-17-19-15-14(16(23)20-17)10(8-13(22)18-15)9-4-5-12(24-2)11(21)7-9/h3-5,7,10,21H,1,6,8H2,2H3,(H2,18,19,20,22,23)/t10-/m1/s1. The van der Waals surface area contributed by atoms with E-state index in [2.05, 4.69) is 21.9 Å². The number of amides is 1. The van der Waals surface area contributed by atoms with Crippen LogP contribution in [0.5, 0.6) is 11.5 Å². The molecular formula is C17H17N3O4S. The van der Waals surface area contributed by atoms with Crippen molar-refractivity contribution in [1.29, 1.82) is 0 Å². The second-order valence-electron chi connectivity index (χ2n) is 5.47. The highest BCUT2D eigenvalue weighted by molar-refractivity contribution is 7.99. The number of anilines is 1. The summed E-state index contributed by atoms with van der Waals surface area (Å²) in [6, 6.07) is 4.84. The van der Waals surface area contributed by atoms with Gasteiger partial charge in [0.25, 0.3) is 5.56 Å². The van der Waals surface area contributed by atoms with E-state index in [-0.39, 0.29) is 29.5 Å². The second-order valence-corrected chi connectivity index (χ2v) is 6.48. The first-order valence-corrected chi connectivity index (χ1v) is 8.56. The zero-order chi connectivity index (χ0) is 18.0. The van der Waals surface area contributed by atoms with E-state index in [0.29, 0.717) is 27.8 Å². The number of H-pyrrole nitrogens is 1. The first kappa shape index (κ1) is 17.1. The third kappa shape index (κ3) is 3.39. The highest BCUT2D eigenvalue weighted by atomic mass is 32.2. The summed E-state index contributed by atoms with van der Waals surface area (Å²) in [5, 5.41) is 13.1. The molecule has 0 radical (unpaired) electrons. The molecule has 8 heteroatoms. The topological polar surface area (TPSA) is 104 Å². The van der Waals surface area contributed by atoms with Gasteiger partial charge in [0.2, 0.25) is 5.91 Å². The van der Waals surface area contributed by atoms with Crippen LogP contribution in [-0.2, 0) is 4.79 Å². The Morgan fingerprint density at radius 1 is 1.48 bits per heavy atom. The summed E-state index contributed by atoms with van der Waals surface area (Å²) >= 11 is 1.32. The molecule has 25 heavy (non-hydrogen) atoms. The number of aromatic hydroxyl groups is 1. The summed E-state index contributed by atoms with van der Waals surface area (Å²) < 4.78 is 5.03. The number of methoxy groups -OCH3 is 1. The maximum Gasteiger partial charge on any atom is 0.257 e. The van der Waals surface area contributed by atoms with Gasteiger partial charge < -0.3 is 20.1 Å². The molecule has 0 unspecified atom stereocenters. The molecule has 2 aromatic rings. The van der Waals surface area contributed by atoms with Crippen LogP contribution in [0.1, 0.15) is 23.5 Å². The summed E-state index contributed by atoms with van der Waals surface area (Å²) in [6.45, 7) is 3.63. The van der Waals surface area contributed by atoms with Gasteiger partial charge in [-0.1, -0.05) is 23.9 Å². The van der Waals surface area contributed by atoms with Gasteiger partial charge in [0.15, 0.2) is 16.7 Å². The first-order valence-electron chi connectivity index (χ1n) is 7.58. The Balaban J connectivity index is 2.07. The molecule has 7 nitrogen and oxygen atoms in total. The maximum atomic E-state index is 12.6. The van der Waals surface area contributed by atoms with Gasteiger partial charge in [-0.3, -0.25) is 9.59 Å². The molecule has 130 valence electrons. The molecule has 1 amide bonds. The number of thioether (sulfide) groups is 1.